The molecule has 0 aliphatic heterocycles. The van der Waals surface area contributed by atoms with Crippen LogP contribution < -0.4 is 0 Å². The average Bonchev–Trinajstić information content (AvgIpc) is 2.85. The third-order valence-corrected chi connectivity index (χ3v) is 3.57. The second-order valence-corrected chi connectivity index (χ2v) is 5.61. The largest absolute Gasteiger partial charge is 0.414 e. The smallest absolute Gasteiger partial charge is 0.384 e. The summed E-state index contributed by atoms with van der Waals surface area (Å²) in [4.78, 5) is 7.54. The molecule has 0 radical (unpaired) electrons. The van der Waals surface area contributed by atoms with Crippen molar-refractivity contribution in [2.75, 3.05) is 13.7 Å². The summed E-state index contributed by atoms with van der Waals surface area (Å²) < 4.78 is 47.5. The number of ether oxygens (including phenoxy) is 2. The van der Waals surface area contributed by atoms with Crippen molar-refractivity contribution < 1.29 is 22.6 Å². The number of rotatable bonds is 7. The van der Waals surface area contributed by atoms with Crippen molar-refractivity contribution in [2.24, 2.45) is 0 Å². The summed E-state index contributed by atoms with van der Waals surface area (Å²) in [6.07, 6.45) is -5.63. The lowest BCUT2D eigenvalue weighted by Crippen LogP contribution is -2.32. The Morgan fingerprint density at radius 2 is 2.00 bits per heavy atom. The SMILES string of the molecule is COCCc1ccc2nc(CC(C)OC(C)C(F)(F)F)[nH]c2c1. The number of halogens is 3. The quantitative estimate of drug-likeness (QED) is 0.843. The van der Waals surface area contributed by atoms with Gasteiger partial charge in [-0.2, -0.15) is 13.2 Å². The third-order valence-electron chi connectivity index (χ3n) is 3.57. The van der Waals surface area contributed by atoms with Gasteiger partial charge in [-0.15, -0.1) is 0 Å². The number of methoxy groups -OCH3 is 1. The molecule has 128 valence electrons. The fourth-order valence-corrected chi connectivity index (χ4v) is 2.33. The summed E-state index contributed by atoms with van der Waals surface area (Å²) in [6.45, 7) is 3.25. The normalized spacial score (nSPS) is 15.0. The Labute approximate surface area is 133 Å². The zero-order valence-corrected chi connectivity index (χ0v) is 13.4. The lowest BCUT2D eigenvalue weighted by Gasteiger charge is -2.20. The molecule has 23 heavy (non-hydrogen) atoms. The highest BCUT2D eigenvalue weighted by atomic mass is 19.4. The molecule has 1 aromatic carbocycles. The maximum atomic E-state index is 12.5. The number of nitrogens with one attached hydrogen (secondary N) is 1. The Kier molecular flexibility index (Phi) is 5.64. The van der Waals surface area contributed by atoms with Gasteiger partial charge in [0.15, 0.2) is 6.10 Å². The molecule has 1 heterocycles. The van der Waals surface area contributed by atoms with Crippen LogP contribution in [0.4, 0.5) is 13.2 Å². The molecule has 0 saturated carbocycles. The van der Waals surface area contributed by atoms with Crippen molar-refractivity contribution >= 4 is 11.0 Å². The zero-order chi connectivity index (χ0) is 17.0. The van der Waals surface area contributed by atoms with Gasteiger partial charge in [0.1, 0.15) is 5.82 Å². The first-order valence-corrected chi connectivity index (χ1v) is 7.48. The zero-order valence-electron chi connectivity index (χ0n) is 13.4. The van der Waals surface area contributed by atoms with E-state index in [1.54, 1.807) is 14.0 Å². The lowest BCUT2D eigenvalue weighted by atomic mass is 10.1. The van der Waals surface area contributed by atoms with Crippen molar-refractivity contribution in [3.8, 4) is 0 Å². The second-order valence-electron chi connectivity index (χ2n) is 5.61. The average molecular weight is 330 g/mol. The molecule has 0 saturated heterocycles. The van der Waals surface area contributed by atoms with Crippen molar-refractivity contribution in [2.45, 2.75) is 45.1 Å². The topological polar surface area (TPSA) is 47.1 Å². The predicted molar refractivity (Wildman–Crippen MR) is 81.4 cm³/mol. The highest BCUT2D eigenvalue weighted by Gasteiger charge is 2.37. The van der Waals surface area contributed by atoms with E-state index < -0.39 is 18.4 Å². The monoisotopic (exact) mass is 330 g/mol. The molecule has 0 bridgehead atoms. The molecule has 0 aliphatic rings. The minimum Gasteiger partial charge on any atom is -0.384 e. The van der Waals surface area contributed by atoms with Gasteiger partial charge in [0.25, 0.3) is 0 Å². The van der Waals surface area contributed by atoms with Crippen LogP contribution >= 0.6 is 0 Å². The second kappa shape index (κ2) is 7.31. The van der Waals surface area contributed by atoms with Gasteiger partial charge in [0.2, 0.25) is 0 Å². The molecular weight excluding hydrogens is 309 g/mol. The summed E-state index contributed by atoms with van der Waals surface area (Å²) in [7, 11) is 1.65. The van der Waals surface area contributed by atoms with Gasteiger partial charge >= 0.3 is 6.18 Å². The fraction of sp³-hybridized carbons (Fsp3) is 0.562. The standard InChI is InChI=1S/C16H21F3N2O2/c1-10(23-11(2)16(17,18)19)8-15-20-13-5-4-12(6-7-22-3)9-14(13)21-15/h4-5,9-11H,6-8H2,1-3H3,(H,20,21). The Bertz CT molecular complexity index is 640. The van der Waals surface area contributed by atoms with Crippen molar-refractivity contribution in [1.29, 1.82) is 0 Å². The molecule has 0 amide bonds. The van der Waals surface area contributed by atoms with E-state index >= 15 is 0 Å². The van der Waals surface area contributed by atoms with Crippen molar-refractivity contribution in [3.05, 3.63) is 29.6 Å². The summed E-state index contributed by atoms with van der Waals surface area (Å²) in [5.74, 6) is 0.616. The number of alkyl halides is 3. The van der Waals surface area contributed by atoms with Gasteiger partial charge in [-0.3, -0.25) is 0 Å². The van der Waals surface area contributed by atoms with E-state index in [4.69, 9.17) is 9.47 Å². The minimum absolute atomic E-state index is 0.294. The molecule has 2 unspecified atom stereocenters. The predicted octanol–water partition coefficient (Wildman–Crippen LogP) is 3.65. The first kappa shape index (κ1) is 17.7. The molecule has 7 heteroatoms. The number of fused-ring (bicyclic) bond motifs is 1. The van der Waals surface area contributed by atoms with E-state index in [2.05, 4.69) is 9.97 Å². The van der Waals surface area contributed by atoms with Crippen molar-refractivity contribution in [1.82, 2.24) is 9.97 Å². The van der Waals surface area contributed by atoms with Gasteiger partial charge in [-0.25, -0.2) is 4.98 Å². The van der Waals surface area contributed by atoms with Crippen LogP contribution in [0.1, 0.15) is 25.2 Å². The number of aromatic amines is 1. The number of imidazole rings is 1. The number of nitrogens with zero attached hydrogens (tertiary/aromatic N) is 1. The van der Waals surface area contributed by atoms with Crippen LogP contribution in [0.5, 0.6) is 0 Å². The van der Waals surface area contributed by atoms with E-state index in [9.17, 15) is 13.2 Å². The first-order chi connectivity index (χ1) is 10.8. The van der Waals surface area contributed by atoms with E-state index in [1.165, 1.54) is 0 Å². The number of H-pyrrole nitrogens is 1. The van der Waals surface area contributed by atoms with Crippen LogP contribution in [0.2, 0.25) is 0 Å². The number of aromatic nitrogens is 2. The van der Waals surface area contributed by atoms with Gasteiger partial charge in [0, 0.05) is 13.5 Å². The third kappa shape index (κ3) is 4.94. The van der Waals surface area contributed by atoms with Gasteiger partial charge in [0.05, 0.1) is 23.7 Å². The van der Waals surface area contributed by atoms with Crippen LogP contribution in [-0.4, -0.2) is 42.1 Å². The van der Waals surface area contributed by atoms with Crippen LogP contribution in [0.15, 0.2) is 18.2 Å². The molecular formula is C16H21F3N2O2. The molecule has 2 rings (SSSR count). The molecule has 1 N–H and O–H groups in total. The number of hydrogen-bond acceptors (Lipinski definition) is 3. The van der Waals surface area contributed by atoms with E-state index in [1.807, 2.05) is 18.2 Å². The summed E-state index contributed by atoms with van der Waals surface area (Å²) in [5.41, 5.74) is 2.77. The summed E-state index contributed by atoms with van der Waals surface area (Å²) in [6, 6.07) is 5.84. The Morgan fingerprint density at radius 3 is 2.65 bits per heavy atom. The first-order valence-electron chi connectivity index (χ1n) is 7.48. The van der Waals surface area contributed by atoms with Gasteiger partial charge in [-0.05, 0) is 38.0 Å². The molecule has 0 spiro atoms. The van der Waals surface area contributed by atoms with Gasteiger partial charge in [-0.1, -0.05) is 6.07 Å². The molecule has 4 nitrogen and oxygen atoms in total. The summed E-state index contributed by atoms with van der Waals surface area (Å²) >= 11 is 0. The molecule has 0 fully saturated rings. The van der Waals surface area contributed by atoms with E-state index in [0.717, 1.165) is 29.9 Å². The van der Waals surface area contributed by atoms with Gasteiger partial charge < -0.3 is 14.5 Å². The molecule has 1 aromatic heterocycles. The molecule has 2 aromatic rings. The highest BCUT2D eigenvalue weighted by Crippen LogP contribution is 2.24. The Hall–Kier alpha value is -1.60. The minimum atomic E-state index is -4.35. The maximum absolute atomic E-state index is 12.5. The maximum Gasteiger partial charge on any atom is 0.414 e. The van der Waals surface area contributed by atoms with E-state index in [-0.39, 0.29) is 0 Å². The van der Waals surface area contributed by atoms with E-state index in [0.29, 0.717) is 18.9 Å². The molecule has 2 atom stereocenters. The van der Waals surface area contributed by atoms with Crippen LogP contribution in [0.3, 0.4) is 0 Å². The Balaban J connectivity index is 2.03. The highest BCUT2D eigenvalue weighted by molar-refractivity contribution is 5.75. The molecule has 0 aliphatic carbocycles. The van der Waals surface area contributed by atoms with Crippen molar-refractivity contribution in [3.63, 3.8) is 0 Å². The van der Waals surface area contributed by atoms with Crippen LogP contribution in [0.25, 0.3) is 11.0 Å². The fourth-order valence-electron chi connectivity index (χ4n) is 2.33. The summed E-state index contributed by atoms with van der Waals surface area (Å²) in [5, 5.41) is 0. The number of hydrogen-bond donors (Lipinski definition) is 1. The van der Waals surface area contributed by atoms with Crippen LogP contribution in [-0.2, 0) is 22.3 Å². The lowest BCUT2D eigenvalue weighted by molar-refractivity contribution is -0.224. The Morgan fingerprint density at radius 1 is 1.26 bits per heavy atom. The van der Waals surface area contributed by atoms with Crippen LogP contribution in [0, 0.1) is 0 Å². The number of benzene rings is 1.